The first-order valence-corrected chi connectivity index (χ1v) is 6.15. The lowest BCUT2D eigenvalue weighted by Gasteiger charge is -2.18. The highest BCUT2D eigenvalue weighted by molar-refractivity contribution is 5.89. The standard InChI is InChI=1S/C12H17N3O2/c13-8-12(5-1-2-6-12)11(17)14-7-10(16)15-9-3-4-9/h9H,1-7H2,(H,14,17)(H,15,16). The highest BCUT2D eigenvalue weighted by Gasteiger charge is 2.41. The second kappa shape index (κ2) is 4.74. The van der Waals surface area contributed by atoms with Gasteiger partial charge in [0.2, 0.25) is 11.8 Å². The van der Waals surface area contributed by atoms with Crippen LogP contribution in [-0.4, -0.2) is 24.4 Å². The molecule has 0 radical (unpaired) electrons. The van der Waals surface area contributed by atoms with E-state index in [4.69, 9.17) is 5.26 Å². The smallest absolute Gasteiger partial charge is 0.240 e. The van der Waals surface area contributed by atoms with E-state index in [1.807, 2.05) is 0 Å². The van der Waals surface area contributed by atoms with Crippen LogP contribution in [0.25, 0.3) is 0 Å². The Morgan fingerprint density at radius 1 is 1.29 bits per heavy atom. The van der Waals surface area contributed by atoms with Crippen molar-refractivity contribution < 1.29 is 9.59 Å². The first-order valence-electron chi connectivity index (χ1n) is 6.15. The Kier molecular flexibility index (Phi) is 3.32. The fraction of sp³-hybridized carbons (Fsp3) is 0.750. The van der Waals surface area contributed by atoms with Crippen LogP contribution >= 0.6 is 0 Å². The molecular formula is C12H17N3O2. The first kappa shape index (κ1) is 11.9. The number of hydrogen-bond donors (Lipinski definition) is 2. The van der Waals surface area contributed by atoms with Gasteiger partial charge in [0, 0.05) is 6.04 Å². The van der Waals surface area contributed by atoms with Gasteiger partial charge < -0.3 is 10.6 Å². The summed E-state index contributed by atoms with van der Waals surface area (Å²) in [6, 6.07) is 2.41. The minimum atomic E-state index is -0.889. The Morgan fingerprint density at radius 3 is 2.47 bits per heavy atom. The third kappa shape index (κ3) is 2.76. The van der Waals surface area contributed by atoms with E-state index >= 15 is 0 Å². The summed E-state index contributed by atoms with van der Waals surface area (Å²) in [7, 11) is 0. The zero-order valence-corrected chi connectivity index (χ0v) is 9.79. The Labute approximate surface area is 101 Å². The zero-order chi connectivity index (χ0) is 12.3. The SMILES string of the molecule is N#CC1(C(=O)NCC(=O)NC2CC2)CCCC1. The lowest BCUT2D eigenvalue weighted by Crippen LogP contribution is -2.43. The average Bonchev–Trinajstić information content (AvgIpc) is 2.99. The summed E-state index contributed by atoms with van der Waals surface area (Å²) < 4.78 is 0. The molecule has 2 aliphatic carbocycles. The summed E-state index contributed by atoms with van der Waals surface area (Å²) >= 11 is 0. The van der Waals surface area contributed by atoms with Gasteiger partial charge in [0.15, 0.2) is 0 Å². The molecule has 0 aliphatic heterocycles. The number of rotatable bonds is 4. The van der Waals surface area contributed by atoms with Gasteiger partial charge in [-0.15, -0.1) is 0 Å². The van der Waals surface area contributed by atoms with Crippen molar-refractivity contribution in [2.75, 3.05) is 6.54 Å². The number of nitrogens with one attached hydrogen (secondary N) is 2. The van der Waals surface area contributed by atoms with Gasteiger partial charge in [0.1, 0.15) is 5.41 Å². The Hall–Kier alpha value is -1.57. The summed E-state index contributed by atoms with van der Waals surface area (Å²) in [5, 5.41) is 14.5. The molecule has 17 heavy (non-hydrogen) atoms. The molecule has 0 aromatic heterocycles. The topological polar surface area (TPSA) is 82.0 Å². The van der Waals surface area contributed by atoms with E-state index in [-0.39, 0.29) is 18.4 Å². The average molecular weight is 235 g/mol. The van der Waals surface area contributed by atoms with Crippen LogP contribution in [0.5, 0.6) is 0 Å². The van der Waals surface area contributed by atoms with Crippen molar-refractivity contribution in [3.05, 3.63) is 0 Å². The largest absolute Gasteiger partial charge is 0.352 e. The molecule has 0 bridgehead atoms. The lowest BCUT2D eigenvalue weighted by molar-refractivity contribution is -0.130. The predicted octanol–water partition coefficient (Wildman–Crippen LogP) is 0.465. The second-order valence-electron chi connectivity index (χ2n) is 4.93. The quantitative estimate of drug-likeness (QED) is 0.743. The molecular weight excluding hydrogens is 218 g/mol. The molecule has 2 rings (SSSR count). The van der Waals surface area contributed by atoms with Crippen LogP contribution in [0, 0.1) is 16.7 Å². The maximum absolute atomic E-state index is 11.9. The molecule has 2 fully saturated rings. The molecule has 2 amide bonds. The van der Waals surface area contributed by atoms with Crippen LogP contribution in [0.15, 0.2) is 0 Å². The Balaban J connectivity index is 1.79. The molecule has 0 aromatic rings. The normalized spacial score (nSPS) is 21.6. The number of hydrogen-bond acceptors (Lipinski definition) is 3. The monoisotopic (exact) mass is 235 g/mol. The molecule has 0 aromatic carbocycles. The van der Waals surface area contributed by atoms with E-state index in [0.717, 1.165) is 25.7 Å². The molecule has 0 heterocycles. The van der Waals surface area contributed by atoms with Crippen molar-refractivity contribution in [3.63, 3.8) is 0 Å². The van der Waals surface area contributed by atoms with Crippen molar-refractivity contribution in [1.82, 2.24) is 10.6 Å². The maximum Gasteiger partial charge on any atom is 0.240 e. The molecule has 2 aliphatic rings. The first-order chi connectivity index (χ1) is 8.16. The van der Waals surface area contributed by atoms with Gasteiger partial charge >= 0.3 is 0 Å². The van der Waals surface area contributed by atoms with Crippen LogP contribution in [0.1, 0.15) is 38.5 Å². The van der Waals surface area contributed by atoms with Gasteiger partial charge in [0.25, 0.3) is 0 Å². The minimum absolute atomic E-state index is 0.0151. The highest BCUT2D eigenvalue weighted by Crippen LogP contribution is 2.37. The molecule has 2 saturated carbocycles. The van der Waals surface area contributed by atoms with Crippen molar-refractivity contribution in [1.29, 1.82) is 5.26 Å². The summed E-state index contributed by atoms with van der Waals surface area (Å²) in [5.41, 5.74) is -0.889. The molecule has 92 valence electrons. The number of amides is 2. The summed E-state index contributed by atoms with van der Waals surface area (Å²) in [4.78, 5) is 23.3. The van der Waals surface area contributed by atoms with E-state index in [1.54, 1.807) is 0 Å². The number of carbonyl (C=O) groups is 2. The molecule has 0 atom stereocenters. The van der Waals surface area contributed by atoms with Gasteiger partial charge in [-0.1, -0.05) is 12.8 Å². The molecule has 0 unspecified atom stereocenters. The van der Waals surface area contributed by atoms with Crippen LogP contribution < -0.4 is 10.6 Å². The van der Waals surface area contributed by atoms with E-state index in [1.165, 1.54) is 0 Å². The molecule has 0 spiro atoms. The zero-order valence-electron chi connectivity index (χ0n) is 9.79. The Morgan fingerprint density at radius 2 is 1.94 bits per heavy atom. The molecule has 2 N–H and O–H groups in total. The van der Waals surface area contributed by atoms with Gasteiger partial charge in [0.05, 0.1) is 12.6 Å². The fourth-order valence-electron chi connectivity index (χ4n) is 2.20. The van der Waals surface area contributed by atoms with Crippen molar-refractivity contribution in [2.24, 2.45) is 5.41 Å². The number of nitriles is 1. The van der Waals surface area contributed by atoms with Gasteiger partial charge in [-0.2, -0.15) is 5.26 Å². The van der Waals surface area contributed by atoms with E-state index in [2.05, 4.69) is 16.7 Å². The summed E-state index contributed by atoms with van der Waals surface area (Å²) in [5.74, 6) is -0.449. The van der Waals surface area contributed by atoms with E-state index in [0.29, 0.717) is 18.9 Å². The summed E-state index contributed by atoms with van der Waals surface area (Å²) in [6.07, 6.45) is 5.10. The van der Waals surface area contributed by atoms with Crippen molar-refractivity contribution in [2.45, 2.75) is 44.6 Å². The Bertz CT molecular complexity index is 362. The minimum Gasteiger partial charge on any atom is -0.352 e. The van der Waals surface area contributed by atoms with E-state index < -0.39 is 5.41 Å². The summed E-state index contributed by atoms with van der Waals surface area (Å²) in [6.45, 7) is -0.0151. The second-order valence-corrected chi connectivity index (χ2v) is 4.93. The molecule has 5 nitrogen and oxygen atoms in total. The number of carbonyl (C=O) groups excluding carboxylic acids is 2. The van der Waals surface area contributed by atoms with Crippen molar-refractivity contribution >= 4 is 11.8 Å². The van der Waals surface area contributed by atoms with Crippen LogP contribution in [-0.2, 0) is 9.59 Å². The third-order valence-corrected chi connectivity index (χ3v) is 3.46. The van der Waals surface area contributed by atoms with Crippen LogP contribution in [0.2, 0.25) is 0 Å². The number of nitrogens with zero attached hydrogens (tertiary/aromatic N) is 1. The third-order valence-electron chi connectivity index (χ3n) is 3.46. The highest BCUT2D eigenvalue weighted by atomic mass is 16.2. The predicted molar refractivity (Wildman–Crippen MR) is 60.7 cm³/mol. The van der Waals surface area contributed by atoms with Crippen LogP contribution in [0.3, 0.4) is 0 Å². The van der Waals surface area contributed by atoms with Gasteiger partial charge in [-0.3, -0.25) is 9.59 Å². The maximum atomic E-state index is 11.9. The van der Waals surface area contributed by atoms with Crippen molar-refractivity contribution in [3.8, 4) is 6.07 Å². The molecule has 0 saturated heterocycles. The van der Waals surface area contributed by atoms with Crippen LogP contribution in [0.4, 0.5) is 0 Å². The van der Waals surface area contributed by atoms with Gasteiger partial charge in [-0.25, -0.2) is 0 Å². The fourth-order valence-corrected chi connectivity index (χ4v) is 2.20. The van der Waals surface area contributed by atoms with Gasteiger partial charge in [-0.05, 0) is 25.7 Å². The molecule has 5 heteroatoms. The lowest BCUT2D eigenvalue weighted by atomic mass is 9.87. The van der Waals surface area contributed by atoms with E-state index in [9.17, 15) is 9.59 Å².